The lowest BCUT2D eigenvalue weighted by Gasteiger charge is -2.38. The molecule has 0 saturated carbocycles. The van der Waals surface area contributed by atoms with E-state index in [9.17, 15) is 9.59 Å². The van der Waals surface area contributed by atoms with Crippen LogP contribution in [0.3, 0.4) is 0 Å². The Hall–Kier alpha value is -2.70. The molecule has 0 bridgehead atoms. The quantitative estimate of drug-likeness (QED) is 0.693. The molecule has 2 aromatic carbocycles. The van der Waals surface area contributed by atoms with Gasteiger partial charge in [0.1, 0.15) is 6.04 Å². The molecule has 1 unspecified atom stereocenters. The zero-order chi connectivity index (χ0) is 21.8. The van der Waals surface area contributed by atoms with Gasteiger partial charge in [-0.3, -0.25) is 14.6 Å². The fourth-order valence-electron chi connectivity index (χ4n) is 4.55. The van der Waals surface area contributed by atoms with Gasteiger partial charge in [-0.25, -0.2) is 4.79 Å². The topological polar surface area (TPSA) is 53.1 Å². The van der Waals surface area contributed by atoms with Crippen molar-refractivity contribution in [2.75, 3.05) is 39.8 Å². The lowest BCUT2D eigenvalue weighted by Crippen LogP contribution is -2.54. The Morgan fingerprint density at radius 3 is 2.29 bits per heavy atom. The van der Waals surface area contributed by atoms with Gasteiger partial charge in [0.2, 0.25) is 5.91 Å². The molecule has 2 aliphatic heterocycles. The highest BCUT2D eigenvalue weighted by atomic mass is 16.5. The lowest BCUT2D eigenvalue weighted by molar-refractivity contribution is -0.154. The molecule has 1 atom stereocenters. The highest BCUT2D eigenvalue weighted by Gasteiger charge is 2.36. The van der Waals surface area contributed by atoms with Gasteiger partial charge < -0.3 is 9.64 Å². The number of rotatable bonds is 5. The van der Waals surface area contributed by atoms with E-state index in [1.807, 2.05) is 24.3 Å². The maximum absolute atomic E-state index is 13.2. The van der Waals surface area contributed by atoms with Crippen molar-refractivity contribution >= 4 is 11.9 Å². The second-order valence-electron chi connectivity index (χ2n) is 8.51. The SMILES string of the molecule is COC(=O)C1Cc2ccccc2CN1C(=O)CN1CCN(Cc2ccccc2C)CC1. The number of carbonyl (C=O) groups is 2. The summed E-state index contributed by atoms with van der Waals surface area (Å²) < 4.78 is 5.00. The van der Waals surface area contributed by atoms with Crippen molar-refractivity contribution in [1.29, 1.82) is 0 Å². The van der Waals surface area contributed by atoms with Crippen LogP contribution in [0, 0.1) is 6.92 Å². The summed E-state index contributed by atoms with van der Waals surface area (Å²) in [4.78, 5) is 31.9. The van der Waals surface area contributed by atoms with Crippen LogP contribution in [0.4, 0.5) is 0 Å². The Morgan fingerprint density at radius 2 is 1.58 bits per heavy atom. The monoisotopic (exact) mass is 421 g/mol. The van der Waals surface area contributed by atoms with Crippen molar-refractivity contribution < 1.29 is 14.3 Å². The number of hydrogen-bond donors (Lipinski definition) is 0. The Kier molecular flexibility index (Phi) is 6.68. The Balaban J connectivity index is 1.35. The highest BCUT2D eigenvalue weighted by molar-refractivity contribution is 5.86. The number of carbonyl (C=O) groups excluding carboxylic acids is 2. The third kappa shape index (κ3) is 4.97. The molecule has 1 amide bonds. The molecule has 0 radical (unpaired) electrons. The summed E-state index contributed by atoms with van der Waals surface area (Å²) in [7, 11) is 1.39. The second kappa shape index (κ2) is 9.62. The Labute approximate surface area is 184 Å². The smallest absolute Gasteiger partial charge is 0.328 e. The molecule has 6 nitrogen and oxygen atoms in total. The van der Waals surface area contributed by atoms with Crippen molar-refractivity contribution in [3.8, 4) is 0 Å². The van der Waals surface area contributed by atoms with Crippen molar-refractivity contribution in [2.24, 2.45) is 0 Å². The maximum Gasteiger partial charge on any atom is 0.328 e. The fraction of sp³-hybridized carbons (Fsp3) is 0.440. The first kappa shape index (κ1) is 21.5. The van der Waals surface area contributed by atoms with E-state index in [-0.39, 0.29) is 11.9 Å². The molecule has 2 aliphatic rings. The zero-order valence-corrected chi connectivity index (χ0v) is 18.4. The van der Waals surface area contributed by atoms with Crippen molar-refractivity contribution in [3.63, 3.8) is 0 Å². The van der Waals surface area contributed by atoms with Crippen LogP contribution in [0.15, 0.2) is 48.5 Å². The van der Waals surface area contributed by atoms with Crippen molar-refractivity contribution in [2.45, 2.75) is 32.5 Å². The lowest BCUT2D eigenvalue weighted by atomic mass is 9.94. The molecule has 2 heterocycles. The van der Waals surface area contributed by atoms with E-state index in [1.54, 1.807) is 4.90 Å². The summed E-state index contributed by atoms with van der Waals surface area (Å²) in [5.74, 6) is -0.344. The average molecular weight is 422 g/mol. The van der Waals surface area contributed by atoms with Gasteiger partial charge in [-0.2, -0.15) is 0 Å². The molecule has 4 rings (SSSR count). The van der Waals surface area contributed by atoms with Crippen LogP contribution in [0.2, 0.25) is 0 Å². The van der Waals surface area contributed by atoms with Gasteiger partial charge in [0, 0.05) is 45.7 Å². The van der Waals surface area contributed by atoms with E-state index in [1.165, 1.54) is 18.2 Å². The summed E-state index contributed by atoms with van der Waals surface area (Å²) in [6.07, 6.45) is 0.513. The number of aryl methyl sites for hydroxylation is 1. The summed E-state index contributed by atoms with van der Waals surface area (Å²) in [5, 5.41) is 0. The van der Waals surface area contributed by atoms with Crippen LogP contribution in [0.5, 0.6) is 0 Å². The van der Waals surface area contributed by atoms with E-state index in [4.69, 9.17) is 4.74 Å². The van der Waals surface area contributed by atoms with Crippen LogP contribution in [0.1, 0.15) is 22.3 Å². The van der Waals surface area contributed by atoms with Gasteiger partial charge in [0.05, 0.1) is 13.7 Å². The molecule has 1 saturated heterocycles. The number of fused-ring (bicyclic) bond motifs is 1. The molecule has 0 spiro atoms. The van der Waals surface area contributed by atoms with Crippen LogP contribution in [-0.4, -0.2) is 72.5 Å². The molecule has 31 heavy (non-hydrogen) atoms. The first-order valence-electron chi connectivity index (χ1n) is 11.0. The molecule has 0 aliphatic carbocycles. The molecule has 164 valence electrons. The molecule has 6 heteroatoms. The van der Waals surface area contributed by atoms with E-state index in [2.05, 4.69) is 41.0 Å². The van der Waals surface area contributed by atoms with Crippen LogP contribution in [-0.2, 0) is 33.8 Å². The first-order valence-corrected chi connectivity index (χ1v) is 11.0. The van der Waals surface area contributed by atoms with Crippen LogP contribution in [0.25, 0.3) is 0 Å². The highest BCUT2D eigenvalue weighted by Crippen LogP contribution is 2.24. The van der Waals surface area contributed by atoms with Gasteiger partial charge in [-0.15, -0.1) is 0 Å². The number of amides is 1. The number of methoxy groups -OCH3 is 1. The van der Waals surface area contributed by atoms with Crippen LogP contribution >= 0.6 is 0 Å². The van der Waals surface area contributed by atoms with E-state index in [0.29, 0.717) is 19.5 Å². The third-order valence-corrected chi connectivity index (χ3v) is 6.52. The Morgan fingerprint density at radius 1 is 0.935 bits per heavy atom. The second-order valence-corrected chi connectivity index (χ2v) is 8.51. The number of piperazine rings is 1. The largest absolute Gasteiger partial charge is 0.467 e. The summed E-state index contributed by atoms with van der Waals surface area (Å²) >= 11 is 0. The standard InChI is InChI=1S/C25H31N3O3/c1-19-7-3-4-9-21(19)16-26-11-13-27(14-12-26)18-24(29)28-17-22-10-6-5-8-20(22)15-23(28)25(30)31-2/h3-10,23H,11-18H2,1-2H3. The number of ether oxygens (including phenoxy) is 1. The van der Waals surface area contributed by atoms with E-state index < -0.39 is 6.04 Å². The minimum absolute atomic E-state index is 0.00254. The predicted octanol–water partition coefficient (Wildman–Crippen LogP) is 2.24. The van der Waals surface area contributed by atoms with Crippen molar-refractivity contribution in [3.05, 3.63) is 70.8 Å². The minimum Gasteiger partial charge on any atom is -0.467 e. The maximum atomic E-state index is 13.2. The molecule has 2 aromatic rings. The van der Waals surface area contributed by atoms with E-state index >= 15 is 0 Å². The van der Waals surface area contributed by atoms with Gasteiger partial charge >= 0.3 is 5.97 Å². The molecule has 0 aromatic heterocycles. The summed E-state index contributed by atoms with van der Waals surface area (Å²) in [5.41, 5.74) is 4.91. The molecule has 0 N–H and O–H groups in total. The minimum atomic E-state index is -0.547. The number of esters is 1. The number of benzene rings is 2. The number of nitrogens with zero attached hydrogens (tertiary/aromatic N) is 3. The van der Waals surface area contributed by atoms with E-state index in [0.717, 1.165) is 43.9 Å². The van der Waals surface area contributed by atoms with Gasteiger partial charge in [0.15, 0.2) is 0 Å². The van der Waals surface area contributed by atoms with Crippen molar-refractivity contribution in [1.82, 2.24) is 14.7 Å². The molecule has 1 fully saturated rings. The third-order valence-electron chi connectivity index (χ3n) is 6.52. The summed E-state index contributed by atoms with van der Waals surface area (Å²) in [6, 6.07) is 16.0. The molecular formula is C25H31N3O3. The van der Waals surface area contributed by atoms with Gasteiger partial charge in [0.25, 0.3) is 0 Å². The normalized spacial score (nSPS) is 19.7. The predicted molar refractivity (Wildman–Crippen MR) is 119 cm³/mol. The zero-order valence-electron chi connectivity index (χ0n) is 18.4. The number of hydrogen-bond acceptors (Lipinski definition) is 5. The Bertz CT molecular complexity index is 937. The summed E-state index contributed by atoms with van der Waals surface area (Å²) in [6.45, 7) is 7.47. The molecular weight excluding hydrogens is 390 g/mol. The fourth-order valence-corrected chi connectivity index (χ4v) is 4.55. The average Bonchev–Trinajstić information content (AvgIpc) is 2.80. The van der Waals surface area contributed by atoms with Gasteiger partial charge in [-0.05, 0) is 29.2 Å². The van der Waals surface area contributed by atoms with Crippen LogP contribution < -0.4 is 0 Å². The first-order chi connectivity index (χ1) is 15.0. The van der Waals surface area contributed by atoms with Gasteiger partial charge in [-0.1, -0.05) is 48.5 Å².